The Labute approximate surface area is 82.0 Å². The highest BCUT2D eigenvalue weighted by atomic mass is 16.4. The number of benzene rings is 1. The molecule has 0 bridgehead atoms. The lowest BCUT2D eigenvalue weighted by Crippen LogP contribution is -2.12. The predicted molar refractivity (Wildman–Crippen MR) is 50.8 cm³/mol. The molecule has 3 heteroatoms. The van der Waals surface area contributed by atoms with E-state index in [0.717, 1.165) is 11.1 Å². The molecule has 2 N–H and O–H groups in total. The third-order valence-corrected chi connectivity index (χ3v) is 2.74. The fraction of sp³-hybridized carbons (Fsp3) is 0.364. The molecule has 1 aromatic carbocycles. The number of carboxylic acid groups (broad SMARTS) is 1. The zero-order chi connectivity index (χ0) is 10.1. The maximum Gasteiger partial charge on any atom is 0.303 e. The molecule has 1 aliphatic rings. The van der Waals surface area contributed by atoms with Crippen molar-refractivity contribution in [3.63, 3.8) is 0 Å². The van der Waals surface area contributed by atoms with Gasteiger partial charge in [-0.15, -0.1) is 0 Å². The molecular weight excluding hydrogens is 180 g/mol. The van der Waals surface area contributed by atoms with Gasteiger partial charge in [0.25, 0.3) is 0 Å². The highest BCUT2D eigenvalue weighted by Gasteiger charge is 2.31. The van der Waals surface area contributed by atoms with Crippen LogP contribution < -0.4 is 0 Å². The van der Waals surface area contributed by atoms with E-state index in [1.165, 1.54) is 0 Å². The minimum absolute atomic E-state index is 0.0375. The zero-order valence-corrected chi connectivity index (χ0v) is 7.68. The second kappa shape index (κ2) is 3.42. The monoisotopic (exact) mass is 192 g/mol. The fourth-order valence-corrected chi connectivity index (χ4v) is 2.06. The van der Waals surface area contributed by atoms with Crippen molar-refractivity contribution in [2.24, 2.45) is 5.92 Å². The molecule has 0 spiro atoms. The Hall–Kier alpha value is -1.35. The molecule has 0 heterocycles. The highest BCUT2D eigenvalue weighted by molar-refractivity contribution is 5.67. The molecule has 1 aliphatic carbocycles. The summed E-state index contributed by atoms with van der Waals surface area (Å²) in [6, 6.07) is 7.59. The molecule has 74 valence electrons. The van der Waals surface area contributed by atoms with Crippen molar-refractivity contribution in [1.29, 1.82) is 0 Å². The van der Waals surface area contributed by atoms with E-state index in [9.17, 15) is 9.90 Å². The lowest BCUT2D eigenvalue weighted by Gasteiger charge is -2.11. The summed E-state index contributed by atoms with van der Waals surface area (Å²) < 4.78 is 0. The molecule has 0 unspecified atom stereocenters. The first-order chi connectivity index (χ1) is 6.68. The van der Waals surface area contributed by atoms with Gasteiger partial charge in [0.05, 0.1) is 12.5 Å². The molecule has 2 atom stereocenters. The Morgan fingerprint density at radius 2 is 2.14 bits per heavy atom. The molecule has 14 heavy (non-hydrogen) atoms. The third kappa shape index (κ3) is 1.51. The fourth-order valence-electron chi connectivity index (χ4n) is 2.06. The molecule has 1 aromatic rings. The van der Waals surface area contributed by atoms with Crippen molar-refractivity contribution in [3.8, 4) is 0 Å². The van der Waals surface area contributed by atoms with E-state index >= 15 is 0 Å². The highest BCUT2D eigenvalue weighted by Crippen LogP contribution is 2.37. The van der Waals surface area contributed by atoms with E-state index in [1.807, 2.05) is 24.3 Å². The Bertz CT molecular complexity index is 359. The first-order valence-electron chi connectivity index (χ1n) is 4.66. The van der Waals surface area contributed by atoms with E-state index in [4.69, 9.17) is 5.11 Å². The molecule has 0 saturated heterocycles. The van der Waals surface area contributed by atoms with E-state index in [2.05, 4.69) is 0 Å². The molecule has 0 aliphatic heterocycles. The van der Waals surface area contributed by atoms with Crippen molar-refractivity contribution < 1.29 is 15.0 Å². The van der Waals surface area contributed by atoms with Crippen LogP contribution in [0.4, 0.5) is 0 Å². The van der Waals surface area contributed by atoms with Gasteiger partial charge < -0.3 is 10.2 Å². The van der Waals surface area contributed by atoms with Gasteiger partial charge in [-0.1, -0.05) is 24.3 Å². The predicted octanol–water partition coefficient (Wildman–Crippen LogP) is 1.37. The average molecular weight is 192 g/mol. The Morgan fingerprint density at radius 3 is 2.79 bits per heavy atom. The van der Waals surface area contributed by atoms with Crippen LogP contribution in [0.25, 0.3) is 0 Å². The van der Waals surface area contributed by atoms with Crippen LogP contribution in [0.15, 0.2) is 24.3 Å². The smallest absolute Gasteiger partial charge is 0.303 e. The van der Waals surface area contributed by atoms with Crippen molar-refractivity contribution in [2.45, 2.75) is 18.9 Å². The van der Waals surface area contributed by atoms with Gasteiger partial charge in [0.15, 0.2) is 0 Å². The summed E-state index contributed by atoms with van der Waals surface area (Å²) in [6.07, 6.45) is 0.0988. The zero-order valence-electron chi connectivity index (χ0n) is 7.68. The van der Waals surface area contributed by atoms with Crippen LogP contribution in [0.3, 0.4) is 0 Å². The molecule has 2 rings (SSSR count). The van der Waals surface area contributed by atoms with Crippen molar-refractivity contribution in [1.82, 2.24) is 0 Å². The van der Waals surface area contributed by atoms with E-state index in [0.29, 0.717) is 6.42 Å². The lowest BCUT2D eigenvalue weighted by atomic mass is 10.00. The van der Waals surface area contributed by atoms with E-state index in [1.54, 1.807) is 0 Å². The lowest BCUT2D eigenvalue weighted by molar-refractivity contribution is -0.139. The summed E-state index contributed by atoms with van der Waals surface area (Å²) in [4.78, 5) is 10.5. The SMILES string of the molecule is O=C(O)C[C@H]1Cc2ccccc2[C@H]1O. The molecular formula is C11H12O3. The minimum atomic E-state index is -0.846. The summed E-state index contributed by atoms with van der Waals surface area (Å²) in [5.41, 5.74) is 1.96. The van der Waals surface area contributed by atoms with Crippen LogP contribution >= 0.6 is 0 Å². The van der Waals surface area contributed by atoms with Gasteiger partial charge in [-0.2, -0.15) is 0 Å². The average Bonchev–Trinajstić information content (AvgIpc) is 2.44. The van der Waals surface area contributed by atoms with Crippen molar-refractivity contribution in [3.05, 3.63) is 35.4 Å². The molecule has 0 amide bonds. The number of carbonyl (C=O) groups is 1. The largest absolute Gasteiger partial charge is 0.481 e. The van der Waals surface area contributed by atoms with Gasteiger partial charge in [0.2, 0.25) is 0 Å². The normalized spacial score (nSPS) is 24.6. The van der Waals surface area contributed by atoms with Crippen LogP contribution in [0, 0.1) is 5.92 Å². The summed E-state index contributed by atoms with van der Waals surface area (Å²) in [5.74, 6) is -1.01. The maximum absolute atomic E-state index is 10.5. The molecule has 3 nitrogen and oxygen atoms in total. The van der Waals surface area contributed by atoms with E-state index < -0.39 is 12.1 Å². The molecule has 0 radical (unpaired) electrons. The van der Waals surface area contributed by atoms with Crippen LogP contribution in [0.2, 0.25) is 0 Å². The summed E-state index contributed by atoms with van der Waals surface area (Å²) >= 11 is 0. The van der Waals surface area contributed by atoms with Crippen molar-refractivity contribution >= 4 is 5.97 Å². The second-order valence-corrected chi connectivity index (χ2v) is 3.71. The number of rotatable bonds is 2. The van der Waals surface area contributed by atoms with Gasteiger partial charge in [-0.05, 0) is 17.5 Å². The van der Waals surface area contributed by atoms with Gasteiger partial charge in [-0.3, -0.25) is 4.79 Å². The van der Waals surface area contributed by atoms with Crippen molar-refractivity contribution in [2.75, 3.05) is 0 Å². The Balaban J connectivity index is 2.21. The van der Waals surface area contributed by atoms with Gasteiger partial charge >= 0.3 is 5.97 Å². The van der Waals surface area contributed by atoms with Crippen LogP contribution in [-0.4, -0.2) is 16.2 Å². The quantitative estimate of drug-likeness (QED) is 0.744. The molecule has 0 fully saturated rings. The number of aliphatic hydroxyl groups is 1. The van der Waals surface area contributed by atoms with Crippen LogP contribution in [0.1, 0.15) is 23.7 Å². The summed E-state index contributed by atoms with van der Waals surface area (Å²) in [6.45, 7) is 0. The second-order valence-electron chi connectivity index (χ2n) is 3.71. The summed E-state index contributed by atoms with van der Waals surface area (Å²) in [5, 5.41) is 18.5. The minimum Gasteiger partial charge on any atom is -0.481 e. The number of carboxylic acids is 1. The Kier molecular flexibility index (Phi) is 2.25. The topological polar surface area (TPSA) is 57.5 Å². The number of aliphatic carboxylic acids is 1. The first kappa shape index (κ1) is 9.21. The summed E-state index contributed by atoms with van der Waals surface area (Å²) in [7, 11) is 0. The van der Waals surface area contributed by atoms with Crippen LogP contribution in [-0.2, 0) is 11.2 Å². The van der Waals surface area contributed by atoms with Gasteiger partial charge in [0, 0.05) is 5.92 Å². The number of hydrogen-bond acceptors (Lipinski definition) is 2. The third-order valence-electron chi connectivity index (χ3n) is 2.74. The first-order valence-corrected chi connectivity index (χ1v) is 4.66. The molecule has 0 aromatic heterocycles. The van der Waals surface area contributed by atoms with E-state index in [-0.39, 0.29) is 12.3 Å². The maximum atomic E-state index is 10.5. The van der Waals surface area contributed by atoms with Gasteiger partial charge in [-0.25, -0.2) is 0 Å². The molecule has 0 saturated carbocycles. The standard InChI is InChI=1S/C11H12O3/c12-10(13)6-8-5-7-3-1-2-4-9(7)11(8)14/h1-4,8,11,14H,5-6H2,(H,12,13)/t8-,11+/m1/s1. The number of aliphatic hydroxyl groups excluding tert-OH is 1. The Morgan fingerprint density at radius 1 is 1.43 bits per heavy atom. The van der Waals surface area contributed by atoms with Gasteiger partial charge in [0.1, 0.15) is 0 Å². The number of fused-ring (bicyclic) bond motifs is 1. The van der Waals surface area contributed by atoms with Crippen LogP contribution in [0.5, 0.6) is 0 Å². The number of hydrogen-bond donors (Lipinski definition) is 2.